The SMILES string of the molecule is CCOc1ccc(C(=O)NNC(=O)CCc2ccc(S(=O)(=O)N3CCCCC3)cc2)cc1OC. The zero-order chi connectivity index (χ0) is 24.6. The number of hydrazine groups is 1. The standard InChI is InChI=1S/C24H31N3O6S/c1-3-33-21-13-10-19(17-22(21)32-2)24(29)26-25-23(28)14-9-18-7-11-20(12-8-18)34(30,31)27-15-5-4-6-16-27/h7-8,10-13,17H,3-6,9,14-16H2,1-2H3,(H,25,28)(H,26,29). The molecule has 0 radical (unpaired) electrons. The fourth-order valence-electron chi connectivity index (χ4n) is 3.68. The summed E-state index contributed by atoms with van der Waals surface area (Å²) in [6, 6.07) is 11.3. The molecule has 2 aromatic carbocycles. The maximum absolute atomic E-state index is 12.7. The normalized spacial score (nSPS) is 14.3. The van der Waals surface area contributed by atoms with Crippen molar-refractivity contribution in [3.05, 3.63) is 53.6 Å². The molecule has 0 aliphatic carbocycles. The molecule has 0 aromatic heterocycles. The van der Waals surface area contributed by atoms with Crippen LogP contribution in [0.4, 0.5) is 0 Å². The van der Waals surface area contributed by atoms with Crippen molar-refractivity contribution in [3.8, 4) is 11.5 Å². The second-order valence-corrected chi connectivity index (χ2v) is 9.85. The molecule has 3 rings (SSSR count). The van der Waals surface area contributed by atoms with E-state index in [1.54, 1.807) is 36.4 Å². The number of sulfonamides is 1. The lowest BCUT2D eigenvalue weighted by molar-refractivity contribution is -0.121. The molecule has 1 fully saturated rings. The highest BCUT2D eigenvalue weighted by molar-refractivity contribution is 7.89. The third-order valence-corrected chi connectivity index (χ3v) is 7.47. The van der Waals surface area contributed by atoms with Gasteiger partial charge in [-0.2, -0.15) is 4.31 Å². The molecule has 2 N–H and O–H groups in total. The van der Waals surface area contributed by atoms with Gasteiger partial charge in [-0.25, -0.2) is 8.42 Å². The number of nitrogens with one attached hydrogen (secondary N) is 2. The van der Waals surface area contributed by atoms with E-state index >= 15 is 0 Å². The van der Waals surface area contributed by atoms with Gasteiger partial charge in [0.05, 0.1) is 18.6 Å². The second kappa shape index (κ2) is 11.8. The first kappa shape index (κ1) is 25.5. The Hall–Kier alpha value is -3.11. The molecular formula is C24H31N3O6S. The monoisotopic (exact) mass is 489 g/mol. The van der Waals surface area contributed by atoms with Crippen molar-refractivity contribution < 1.29 is 27.5 Å². The minimum Gasteiger partial charge on any atom is -0.493 e. The highest BCUT2D eigenvalue weighted by Gasteiger charge is 2.25. The van der Waals surface area contributed by atoms with Crippen LogP contribution in [-0.4, -0.2) is 51.3 Å². The summed E-state index contributed by atoms with van der Waals surface area (Å²) in [6.07, 6.45) is 3.36. The average molecular weight is 490 g/mol. The summed E-state index contributed by atoms with van der Waals surface area (Å²) < 4.78 is 37.6. The Morgan fingerprint density at radius 1 is 0.971 bits per heavy atom. The fourth-order valence-corrected chi connectivity index (χ4v) is 5.20. The quantitative estimate of drug-likeness (QED) is 0.524. The molecule has 10 heteroatoms. The number of nitrogens with zero attached hydrogens (tertiary/aromatic N) is 1. The molecule has 9 nitrogen and oxygen atoms in total. The highest BCUT2D eigenvalue weighted by Crippen LogP contribution is 2.28. The molecule has 0 unspecified atom stereocenters. The molecule has 34 heavy (non-hydrogen) atoms. The maximum atomic E-state index is 12.7. The van der Waals surface area contributed by atoms with Gasteiger partial charge in [0, 0.05) is 25.1 Å². The van der Waals surface area contributed by atoms with Crippen molar-refractivity contribution in [1.82, 2.24) is 15.2 Å². The number of carbonyl (C=O) groups excluding carboxylic acids is 2. The van der Waals surface area contributed by atoms with Crippen molar-refractivity contribution in [3.63, 3.8) is 0 Å². The van der Waals surface area contributed by atoms with Crippen LogP contribution in [0.1, 0.15) is 48.5 Å². The van der Waals surface area contributed by atoms with E-state index in [9.17, 15) is 18.0 Å². The van der Waals surface area contributed by atoms with Crippen LogP contribution in [-0.2, 0) is 21.2 Å². The Labute approximate surface area is 200 Å². The molecule has 0 saturated carbocycles. The number of amides is 2. The largest absolute Gasteiger partial charge is 0.493 e. The molecule has 1 aliphatic rings. The van der Waals surface area contributed by atoms with Crippen molar-refractivity contribution in [2.75, 3.05) is 26.8 Å². The first-order valence-corrected chi connectivity index (χ1v) is 12.8. The van der Waals surface area contributed by atoms with Crippen LogP contribution in [0.5, 0.6) is 11.5 Å². The number of ether oxygens (including phenoxy) is 2. The van der Waals surface area contributed by atoms with E-state index in [2.05, 4.69) is 10.9 Å². The summed E-state index contributed by atoms with van der Waals surface area (Å²) in [6.45, 7) is 3.43. The van der Waals surface area contributed by atoms with Crippen molar-refractivity contribution in [2.45, 2.75) is 43.9 Å². The van der Waals surface area contributed by atoms with Crippen LogP contribution in [0.25, 0.3) is 0 Å². The second-order valence-electron chi connectivity index (χ2n) is 7.91. The van der Waals surface area contributed by atoms with Gasteiger partial charge in [-0.15, -0.1) is 0 Å². The summed E-state index contributed by atoms with van der Waals surface area (Å²) in [5.41, 5.74) is 5.92. The lowest BCUT2D eigenvalue weighted by atomic mass is 10.1. The van der Waals surface area contributed by atoms with Crippen molar-refractivity contribution >= 4 is 21.8 Å². The van der Waals surface area contributed by atoms with Gasteiger partial charge in [0.15, 0.2) is 11.5 Å². The van der Waals surface area contributed by atoms with Crippen LogP contribution in [0.3, 0.4) is 0 Å². The van der Waals surface area contributed by atoms with Crippen LogP contribution in [0, 0.1) is 0 Å². The van der Waals surface area contributed by atoms with Crippen LogP contribution >= 0.6 is 0 Å². The van der Waals surface area contributed by atoms with Gasteiger partial charge in [-0.05, 0) is 62.1 Å². The number of piperidine rings is 1. The summed E-state index contributed by atoms with van der Waals surface area (Å²) in [7, 11) is -1.99. The van der Waals surface area contributed by atoms with Gasteiger partial charge in [-0.3, -0.25) is 20.4 Å². The smallest absolute Gasteiger partial charge is 0.269 e. The third-order valence-electron chi connectivity index (χ3n) is 5.56. The van der Waals surface area contributed by atoms with E-state index in [1.807, 2.05) is 6.92 Å². The third kappa shape index (κ3) is 6.48. The van der Waals surface area contributed by atoms with Gasteiger partial charge >= 0.3 is 0 Å². The molecule has 2 amide bonds. The molecule has 0 spiro atoms. The van der Waals surface area contributed by atoms with E-state index in [0.717, 1.165) is 24.8 Å². The summed E-state index contributed by atoms with van der Waals surface area (Å²) in [5, 5.41) is 0. The van der Waals surface area contributed by atoms with E-state index in [4.69, 9.17) is 9.47 Å². The number of benzene rings is 2. The summed E-state index contributed by atoms with van der Waals surface area (Å²) in [5.74, 6) is 0.102. The maximum Gasteiger partial charge on any atom is 0.269 e. The topological polar surface area (TPSA) is 114 Å². The molecular weight excluding hydrogens is 458 g/mol. The van der Waals surface area contributed by atoms with Crippen molar-refractivity contribution in [1.29, 1.82) is 0 Å². The summed E-state index contributed by atoms with van der Waals surface area (Å²) in [4.78, 5) is 24.8. The predicted molar refractivity (Wildman–Crippen MR) is 127 cm³/mol. The molecule has 2 aromatic rings. The highest BCUT2D eigenvalue weighted by atomic mass is 32.2. The number of hydrogen-bond donors (Lipinski definition) is 2. The molecule has 0 atom stereocenters. The minimum absolute atomic E-state index is 0.130. The molecule has 184 valence electrons. The van der Waals surface area contributed by atoms with E-state index in [-0.39, 0.29) is 17.2 Å². The minimum atomic E-state index is -3.48. The lowest BCUT2D eigenvalue weighted by Crippen LogP contribution is -2.41. The van der Waals surface area contributed by atoms with E-state index < -0.39 is 15.9 Å². The number of aryl methyl sites for hydroxylation is 1. The molecule has 1 heterocycles. The van der Waals surface area contributed by atoms with Gasteiger partial charge in [0.25, 0.3) is 5.91 Å². The van der Waals surface area contributed by atoms with Gasteiger partial charge in [0.2, 0.25) is 15.9 Å². The molecule has 0 bridgehead atoms. The first-order chi connectivity index (χ1) is 16.3. The van der Waals surface area contributed by atoms with Gasteiger partial charge in [-0.1, -0.05) is 18.6 Å². The number of hydrogen-bond acceptors (Lipinski definition) is 6. The predicted octanol–water partition coefficient (Wildman–Crippen LogP) is 2.66. The number of methoxy groups -OCH3 is 1. The van der Waals surface area contributed by atoms with E-state index in [0.29, 0.717) is 43.2 Å². The Balaban J connectivity index is 1.49. The van der Waals surface area contributed by atoms with Gasteiger partial charge in [0.1, 0.15) is 0 Å². The number of rotatable bonds is 9. The van der Waals surface area contributed by atoms with E-state index in [1.165, 1.54) is 17.5 Å². The summed E-state index contributed by atoms with van der Waals surface area (Å²) >= 11 is 0. The zero-order valence-corrected chi connectivity index (χ0v) is 20.3. The Bertz CT molecular complexity index is 1100. The van der Waals surface area contributed by atoms with Crippen LogP contribution < -0.4 is 20.3 Å². The van der Waals surface area contributed by atoms with Crippen molar-refractivity contribution in [2.24, 2.45) is 0 Å². The average Bonchev–Trinajstić information content (AvgIpc) is 2.87. The molecule has 1 saturated heterocycles. The van der Waals surface area contributed by atoms with Crippen LogP contribution in [0.2, 0.25) is 0 Å². The first-order valence-electron chi connectivity index (χ1n) is 11.3. The fraction of sp³-hybridized carbons (Fsp3) is 0.417. The Kier molecular flexibility index (Phi) is 8.89. The van der Waals surface area contributed by atoms with Gasteiger partial charge < -0.3 is 9.47 Å². The Morgan fingerprint density at radius 2 is 1.68 bits per heavy atom. The Morgan fingerprint density at radius 3 is 2.32 bits per heavy atom. The lowest BCUT2D eigenvalue weighted by Gasteiger charge is -2.25. The zero-order valence-electron chi connectivity index (χ0n) is 19.5. The number of carbonyl (C=O) groups is 2. The molecule has 1 aliphatic heterocycles. The van der Waals surface area contributed by atoms with Crippen LogP contribution in [0.15, 0.2) is 47.4 Å².